The van der Waals surface area contributed by atoms with Crippen molar-refractivity contribution in [3.8, 4) is 0 Å². The molecule has 1 aromatic carbocycles. The third-order valence-corrected chi connectivity index (χ3v) is 4.83. The topological polar surface area (TPSA) is 59.8 Å². The normalized spacial score (nSPS) is 27.0. The Balaban J connectivity index is 1.65. The van der Waals surface area contributed by atoms with Crippen LogP contribution in [-0.4, -0.2) is 37.1 Å². The molecule has 2 fully saturated rings. The van der Waals surface area contributed by atoms with Gasteiger partial charge in [-0.1, -0.05) is 11.6 Å². The van der Waals surface area contributed by atoms with Crippen LogP contribution in [0.3, 0.4) is 0 Å². The van der Waals surface area contributed by atoms with Crippen LogP contribution in [0.5, 0.6) is 0 Å². The minimum atomic E-state index is -0.541. The molecule has 3 atom stereocenters. The summed E-state index contributed by atoms with van der Waals surface area (Å²) in [5.74, 6) is -1.15. The fraction of sp³-hybridized carbons (Fsp3) is 0.500. The van der Waals surface area contributed by atoms with Gasteiger partial charge in [0.15, 0.2) is 6.04 Å². The summed E-state index contributed by atoms with van der Waals surface area (Å²) in [6.07, 6.45) is 3.28. The number of fused-ring (bicyclic) bond motifs is 1. The number of anilines is 1. The Morgan fingerprint density at radius 2 is 2.26 bits per heavy atom. The van der Waals surface area contributed by atoms with E-state index in [9.17, 15) is 14.0 Å². The lowest BCUT2D eigenvalue weighted by molar-refractivity contribution is -0.951. The van der Waals surface area contributed by atoms with Crippen LogP contribution in [0.2, 0.25) is 5.02 Å². The third kappa shape index (κ3) is 3.64. The molecule has 1 unspecified atom stereocenters. The number of amides is 1. The molecule has 0 bridgehead atoms. The van der Waals surface area contributed by atoms with Crippen LogP contribution in [0.15, 0.2) is 18.2 Å². The first-order chi connectivity index (χ1) is 11.0. The predicted molar refractivity (Wildman–Crippen MR) is 82.9 cm³/mol. The van der Waals surface area contributed by atoms with Gasteiger partial charge in [-0.05, 0) is 31.0 Å². The maximum atomic E-state index is 13.1. The van der Waals surface area contributed by atoms with Crippen molar-refractivity contribution >= 4 is 29.2 Å². The molecule has 2 aliphatic heterocycles. The number of carbonyl (C=O) groups is 2. The number of piperidine rings is 1. The molecule has 2 aliphatic rings. The lowest BCUT2D eigenvalue weighted by Crippen LogP contribution is -3.22. The van der Waals surface area contributed by atoms with Crippen LogP contribution in [0.1, 0.15) is 25.7 Å². The number of benzene rings is 1. The number of esters is 1. The average Bonchev–Trinajstić information content (AvgIpc) is 2.54. The molecular weight excluding hydrogens is 323 g/mol. The first kappa shape index (κ1) is 16.2. The van der Waals surface area contributed by atoms with Crippen molar-refractivity contribution < 1.29 is 23.6 Å². The summed E-state index contributed by atoms with van der Waals surface area (Å²) in [6, 6.07) is 3.81. The zero-order valence-electron chi connectivity index (χ0n) is 12.6. The molecule has 0 spiro atoms. The van der Waals surface area contributed by atoms with E-state index >= 15 is 0 Å². The Bertz CT molecular complexity index is 625. The minimum Gasteiger partial charge on any atom is -0.455 e. The van der Waals surface area contributed by atoms with Crippen molar-refractivity contribution in [2.24, 2.45) is 0 Å². The summed E-state index contributed by atoms with van der Waals surface area (Å²) in [5, 5.41) is 2.61. The lowest BCUT2D eigenvalue weighted by atomic mass is 9.97. The number of cyclic esters (lactones) is 1. The van der Waals surface area contributed by atoms with E-state index in [2.05, 4.69) is 5.32 Å². The Morgan fingerprint density at radius 3 is 3.04 bits per heavy atom. The first-order valence-electron chi connectivity index (χ1n) is 7.81. The molecule has 2 N–H and O–H groups in total. The minimum absolute atomic E-state index is 0.0541. The van der Waals surface area contributed by atoms with Gasteiger partial charge in [0.1, 0.15) is 18.5 Å². The lowest BCUT2D eigenvalue weighted by Gasteiger charge is -2.40. The van der Waals surface area contributed by atoms with E-state index in [-0.39, 0.29) is 23.3 Å². The van der Waals surface area contributed by atoms with Gasteiger partial charge in [-0.25, -0.2) is 9.18 Å². The molecule has 0 aliphatic carbocycles. The van der Waals surface area contributed by atoms with Gasteiger partial charge in [-0.15, -0.1) is 0 Å². The number of quaternary nitrogens is 1. The second-order valence-electron chi connectivity index (χ2n) is 6.08. The van der Waals surface area contributed by atoms with Crippen molar-refractivity contribution in [3.63, 3.8) is 0 Å². The average molecular weight is 342 g/mol. The van der Waals surface area contributed by atoms with Gasteiger partial charge < -0.3 is 15.0 Å². The molecule has 0 radical (unpaired) electrons. The number of hydrogen-bond acceptors (Lipinski definition) is 3. The number of halogens is 2. The smallest absolute Gasteiger partial charge is 0.365 e. The zero-order chi connectivity index (χ0) is 16.4. The number of nitrogens with one attached hydrogen (secondary N) is 2. The summed E-state index contributed by atoms with van der Waals surface area (Å²) in [6.45, 7) is 1.33. The quantitative estimate of drug-likeness (QED) is 0.811. The van der Waals surface area contributed by atoms with Gasteiger partial charge in [-0.2, -0.15) is 0 Å². The Morgan fingerprint density at radius 1 is 1.43 bits per heavy atom. The number of rotatable bonds is 3. The van der Waals surface area contributed by atoms with E-state index in [1.807, 2.05) is 0 Å². The maximum Gasteiger partial charge on any atom is 0.365 e. The second-order valence-corrected chi connectivity index (χ2v) is 6.49. The van der Waals surface area contributed by atoms with Gasteiger partial charge >= 0.3 is 5.97 Å². The fourth-order valence-corrected chi connectivity index (χ4v) is 3.56. The SMILES string of the molecule is O=C(C[C@H]1C(=O)OC[C@H]2CCCC[NH+]21)Nc1ccc(F)c(Cl)c1. The molecule has 7 heteroatoms. The molecule has 3 rings (SSSR count). The highest BCUT2D eigenvalue weighted by molar-refractivity contribution is 6.31. The maximum absolute atomic E-state index is 13.1. The molecule has 1 aromatic rings. The van der Waals surface area contributed by atoms with Crippen LogP contribution in [-0.2, 0) is 14.3 Å². The summed E-state index contributed by atoms with van der Waals surface area (Å²) in [4.78, 5) is 25.4. The Labute approximate surface area is 138 Å². The number of morpholine rings is 1. The van der Waals surface area contributed by atoms with Crippen molar-refractivity contribution in [1.29, 1.82) is 0 Å². The largest absolute Gasteiger partial charge is 0.455 e. The number of carbonyl (C=O) groups excluding carboxylic acids is 2. The molecular formula is C16H19ClFN2O3+. The predicted octanol–water partition coefficient (Wildman–Crippen LogP) is 1.17. The Hall–Kier alpha value is -1.66. The van der Waals surface area contributed by atoms with E-state index in [1.54, 1.807) is 0 Å². The van der Waals surface area contributed by atoms with Gasteiger partial charge in [0.2, 0.25) is 5.91 Å². The molecule has 0 saturated carbocycles. The summed E-state index contributed by atoms with van der Waals surface area (Å²) in [7, 11) is 0. The summed E-state index contributed by atoms with van der Waals surface area (Å²) < 4.78 is 18.4. The van der Waals surface area contributed by atoms with Gasteiger partial charge in [0.25, 0.3) is 0 Å². The molecule has 2 saturated heterocycles. The highest BCUT2D eigenvalue weighted by atomic mass is 35.5. The highest BCUT2D eigenvalue weighted by Crippen LogP contribution is 2.19. The van der Waals surface area contributed by atoms with Crippen molar-refractivity contribution in [3.05, 3.63) is 29.0 Å². The van der Waals surface area contributed by atoms with E-state index in [4.69, 9.17) is 16.3 Å². The summed E-state index contributed by atoms with van der Waals surface area (Å²) in [5.41, 5.74) is 0.413. The standard InChI is InChI=1S/C16H18ClFN2O3/c17-12-7-10(4-5-13(12)18)19-15(21)8-14-16(22)23-9-11-3-1-2-6-20(11)14/h4-5,7,11,14H,1-3,6,8-9H2,(H,19,21)/p+1/t11-,14+/m1/s1. The first-order valence-corrected chi connectivity index (χ1v) is 8.19. The Kier molecular flexibility index (Phi) is 4.82. The van der Waals surface area contributed by atoms with E-state index < -0.39 is 11.9 Å². The second kappa shape index (κ2) is 6.84. The third-order valence-electron chi connectivity index (χ3n) is 4.54. The van der Waals surface area contributed by atoms with Crippen LogP contribution in [0, 0.1) is 5.82 Å². The summed E-state index contributed by atoms with van der Waals surface area (Å²) >= 11 is 5.70. The molecule has 23 heavy (non-hydrogen) atoms. The molecule has 5 nitrogen and oxygen atoms in total. The molecule has 2 heterocycles. The van der Waals surface area contributed by atoms with Crippen LogP contribution < -0.4 is 10.2 Å². The zero-order valence-corrected chi connectivity index (χ0v) is 13.4. The van der Waals surface area contributed by atoms with Crippen molar-refractivity contribution in [2.75, 3.05) is 18.5 Å². The van der Waals surface area contributed by atoms with E-state index in [0.29, 0.717) is 18.3 Å². The molecule has 1 amide bonds. The number of ether oxygens (including phenoxy) is 1. The van der Waals surface area contributed by atoms with Crippen LogP contribution in [0.4, 0.5) is 10.1 Å². The van der Waals surface area contributed by atoms with Gasteiger partial charge in [0.05, 0.1) is 18.0 Å². The highest BCUT2D eigenvalue weighted by Gasteiger charge is 2.43. The van der Waals surface area contributed by atoms with Crippen LogP contribution in [0.25, 0.3) is 0 Å². The van der Waals surface area contributed by atoms with Gasteiger partial charge in [-0.3, -0.25) is 4.79 Å². The monoisotopic (exact) mass is 341 g/mol. The van der Waals surface area contributed by atoms with Crippen molar-refractivity contribution in [2.45, 2.75) is 37.8 Å². The molecule has 0 aromatic heterocycles. The van der Waals surface area contributed by atoms with Gasteiger partial charge in [0, 0.05) is 12.1 Å². The molecule has 124 valence electrons. The fourth-order valence-electron chi connectivity index (χ4n) is 3.38. The number of hydrogen-bond donors (Lipinski definition) is 2. The van der Waals surface area contributed by atoms with Crippen molar-refractivity contribution in [1.82, 2.24) is 0 Å². The van der Waals surface area contributed by atoms with E-state index in [0.717, 1.165) is 30.7 Å². The van der Waals surface area contributed by atoms with Crippen LogP contribution >= 0.6 is 11.6 Å². The van der Waals surface area contributed by atoms with E-state index in [1.165, 1.54) is 18.2 Å².